The summed E-state index contributed by atoms with van der Waals surface area (Å²) in [6.07, 6.45) is 5.80. The average molecular weight is 1140 g/mol. The number of rotatable bonds is 11. The van der Waals surface area contributed by atoms with Gasteiger partial charge in [0, 0.05) is 38.8 Å². The summed E-state index contributed by atoms with van der Waals surface area (Å²) in [6, 6.07) is 101. The Kier molecular flexibility index (Phi) is 12.9. The van der Waals surface area contributed by atoms with Crippen LogP contribution in [0.2, 0.25) is 0 Å². The molecule has 0 saturated carbocycles. The number of hydrogen-bond acceptors (Lipinski definition) is 2. The van der Waals surface area contributed by atoms with Gasteiger partial charge in [-0.2, -0.15) is 12.1 Å². The van der Waals surface area contributed by atoms with Gasteiger partial charge in [0.15, 0.2) is 0 Å². The van der Waals surface area contributed by atoms with E-state index >= 15 is 0 Å². The third-order valence-electron chi connectivity index (χ3n) is 13.6. The van der Waals surface area contributed by atoms with Crippen LogP contribution in [-0.4, -0.2) is 9.55 Å². The van der Waals surface area contributed by atoms with Crippen molar-refractivity contribution < 1.29 is 30.4 Å². The average Bonchev–Trinajstić information content (AvgIpc) is 3.87. The van der Waals surface area contributed by atoms with Crippen molar-refractivity contribution in [3.05, 3.63) is 292 Å². The summed E-state index contributed by atoms with van der Waals surface area (Å²) < 4.78 is 10.9. The van der Waals surface area contributed by atoms with Crippen LogP contribution in [0.25, 0.3) is 111 Å². The van der Waals surface area contributed by atoms with Gasteiger partial charge >= 0.3 is 0 Å². The molecule has 0 amide bonds. The Bertz CT molecular complexity index is 3900. The van der Waals surface area contributed by atoms with Crippen LogP contribution >= 0.6 is 0 Å². The Hall–Kier alpha value is -9.21. The predicted molar refractivity (Wildman–Crippen MR) is 301 cm³/mol. The first-order valence-corrected chi connectivity index (χ1v) is 24.8. The standard InChI is InChI=1S/C70H45N3O.Pt/c1-5-20-49(21-6-1)56-38-57(50-22-7-2-8-23-50)41-60(40-56)65-34-19-35-66(61-42-58(51-24-9-3-10-25-51)39-59(43-61)52-26-11-4-12-27-52)70(65)73-48-72(68-36-15-16-37-69(68)73)62-31-18-33-64(46-62)74-63-32-17-30-54(44-63)67-45-53-28-13-14-29-55(53)47-71-67;/h1-43,45,47H;/q-2;. The molecule has 0 unspecified atom stereocenters. The van der Waals surface area contributed by atoms with Crippen molar-refractivity contribution in [1.29, 1.82) is 0 Å². The molecular formula is C70H45N3OPt-2. The van der Waals surface area contributed by atoms with Crippen molar-refractivity contribution in [3.63, 3.8) is 0 Å². The van der Waals surface area contributed by atoms with Gasteiger partial charge in [-0.25, -0.2) is 0 Å². The Morgan fingerprint density at radius 1 is 0.373 bits per heavy atom. The van der Waals surface area contributed by atoms with Crippen molar-refractivity contribution in [2.75, 3.05) is 0 Å². The number of hydrogen-bond donors (Lipinski definition) is 0. The van der Waals surface area contributed by atoms with Crippen LogP contribution in [0.1, 0.15) is 0 Å². The number of pyridine rings is 1. The molecule has 75 heavy (non-hydrogen) atoms. The smallest absolute Gasteiger partial charge is 0.268 e. The molecule has 13 rings (SSSR count). The zero-order valence-corrected chi connectivity index (χ0v) is 42.8. The SMILES string of the molecule is [Pt].[c-]1c(Oc2[c-]c(-n3[c-][n+](-c4c(-c5cc(-c6ccccc6)cc(-c6ccccc6)c5)cccc4-c4cc(-c5ccccc5)cc(-c5ccccc5)c4)c4ccccc43)ccc2)cccc1-c1cc2ccccc2cn1. The second-order valence-corrected chi connectivity index (χ2v) is 18.4. The number of aromatic nitrogens is 3. The summed E-state index contributed by atoms with van der Waals surface area (Å²) in [6.45, 7) is 0. The number of ether oxygens (including phenoxy) is 1. The minimum Gasteiger partial charge on any atom is -0.503 e. The summed E-state index contributed by atoms with van der Waals surface area (Å²) in [7, 11) is 0. The van der Waals surface area contributed by atoms with Gasteiger partial charge in [0.1, 0.15) is 0 Å². The van der Waals surface area contributed by atoms with E-state index in [0.717, 1.165) is 111 Å². The largest absolute Gasteiger partial charge is 0.503 e. The first kappa shape index (κ1) is 46.8. The van der Waals surface area contributed by atoms with Crippen LogP contribution in [0.3, 0.4) is 0 Å². The van der Waals surface area contributed by atoms with Gasteiger partial charge in [-0.05, 0) is 125 Å². The van der Waals surface area contributed by atoms with E-state index in [9.17, 15) is 0 Å². The number of para-hydroxylation sites is 3. The monoisotopic (exact) mass is 1140 g/mol. The third-order valence-corrected chi connectivity index (χ3v) is 13.6. The molecule has 358 valence electrons. The Morgan fingerprint density at radius 2 is 0.827 bits per heavy atom. The zero-order chi connectivity index (χ0) is 49.2. The Balaban J connectivity index is 0.00000569. The van der Waals surface area contributed by atoms with Crippen molar-refractivity contribution in [3.8, 4) is 101 Å². The fourth-order valence-electron chi connectivity index (χ4n) is 10.0. The van der Waals surface area contributed by atoms with Gasteiger partial charge in [0.2, 0.25) is 0 Å². The summed E-state index contributed by atoms with van der Waals surface area (Å²) in [5, 5.41) is 2.21. The fourth-order valence-corrected chi connectivity index (χ4v) is 10.0. The first-order valence-electron chi connectivity index (χ1n) is 24.8. The number of fused-ring (bicyclic) bond motifs is 2. The molecule has 0 N–H and O–H groups in total. The van der Waals surface area contributed by atoms with Crippen molar-refractivity contribution in [2.24, 2.45) is 0 Å². The number of imidazole rings is 1. The van der Waals surface area contributed by atoms with Gasteiger partial charge in [0.25, 0.3) is 6.33 Å². The summed E-state index contributed by atoms with van der Waals surface area (Å²) >= 11 is 0. The maximum absolute atomic E-state index is 6.57. The fraction of sp³-hybridized carbons (Fsp3) is 0. The molecule has 0 saturated heterocycles. The normalized spacial score (nSPS) is 11.1. The molecule has 0 aliphatic heterocycles. The molecule has 0 atom stereocenters. The molecule has 13 aromatic rings. The summed E-state index contributed by atoms with van der Waals surface area (Å²) in [4.78, 5) is 4.75. The first-order chi connectivity index (χ1) is 36.6. The minimum absolute atomic E-state index is 0. The van der Waals surface area contributed by atoms with E-state index < -0.39 is 0 Å². The van der Waals surface area contributed by atoms with E-state index in [-0.39, 0.29) is 21.1 Å². The van der Waals surface area contributed by atoms with Crippen molar-refractivity contribution in [1.82, 2.24) is 9.55 Å². The number of nitrogens with zero attached hydrogens (tertiary/aromatic N) is 3. The molecule has 2 aromatic heterocycles. The van der Waals surface area contributed by atoms with E-state index in [1.807, 2.05) is 48.7 Å². The van der Waals surface area contributed by atoms with E-state index in [0.29, 0.717) is 11.5 Å². The van der Waals surface area contributed by atoms with Crippen LogP contribution in [0.4, 0.5) is 0 Å². The summed E-state index contributed by atoms with van der Waals surface area (Å²) in [5.74, 6) is 1.12. The van der Waals surface area contributed by atoms with Gasteiger partial charge < -0.3 is 14.3 Å². The molecule has 0 aliphatic rings. The van der Waals surface area contributed by atoms with E-state index in [2.05, 4.69) is 252 Å². The molecule has 4 nitrogen and oxygen atoms in total. The molecule has 11 aromatic carbocycles. The predicted octanol–water partition coefficient (Wildman–Crippen LogP) is 17.3. The number of benzene rings is 11. The molecular weight excluding hydrogens is 1090 g/mol. The maximum Gasteiger partial charge on any atom is 0.268 e. The topological polar surface area (TPSA) is 30.9 Å². The van der Waals surface area contributed by atoms with Crippen LogP contribution in [0.5, 0.6) is 11.5 Å². The van der Waals surface area contributed by atoms with E-state index in [1.54, 1.807) is 0 Å². The quantitative estimate of drug-likeness (QED) is 0.0955. The minimum atomic E-state index is 0. The van der Waals surface area contributed by atoms with Crippen LogP contribution in [-0.2, 0) is 21.1 Å². The van der Waals surface area contributed by atoms with Gasteiger partial charge in [-0.3, -0.25) is 4.57 Å². The maximum atomic E-state index is 6.57. The van der Waals surface area contributed by atoms with Gasteiger partial charge in [-0.15, -0.1) is 35.9 Å². The molecule has 0 spiro atoms. The van der Waals surface area contributed by atoms with Gasteiger partial charge in [0.05, 0.1) is 16.7 Å². The molecule has 0 bridgehead atoms. The Morgan fingerprint density at radius 3 is 1.39 bits per heavy atom. The molecule has 5 heteroatoms. The van der Waals surface area contributed by atoms with E-state index in [1.165, 1.54) is 0 Å². The second-order valence-electron chi connectivity index (χ2n) is 18.4. The zero-order valence-electron chi connectivity index (χ0n) is 40.5. The Labute approximate surface area is 451 Å². The second kappa shape index (κ2) is 20.7. The summed E-state index contributed by atoms with van der Waals surface area (Å²) in [5.41, 5.74) is 18.8. The molecule has 0 radical (unpaired) electrons. The molecule has 0 aliphatic carbocycles. The molecule has 0 fully saturated rings. The van der Waals surface area contributed by atoms with Crippen LogP contribution < -0.4 is 9.30 Å². The molecule has 2 heterocycles. The van der Waals surface area contributed by atoms with Crippen molar-refractivity contribution >= 4 is 21.8 Å². The third kappa shape index (κ3) is 9.52. The van der Waals surface area contributed by atoms with Gasteiger partial charge in [-0.1, -0.05) is 200 Å². The van der Waals surface area contributed by atoms with Crippen LogP contribution in [0, 0.1) is 18.5 Å². The van der Waals surface area contributed by atoms with Crippen LogP contribution in [0.15, 0.2) is 273 Å². The van der Waals surface area contributed by atoms with Crippen molar-refractivity contribution in [2.45, 2.75) is 0 Å². The van der Waals surface area contributed by atoms with E-state index in [4.69, 9.17) is 9.72 Å².